The molecule has 0 fully saturated rings. The fourth-order valence-corrected chi connectivity index (χ4v) is 2.97. The summed E-state index contributed by atoms with van der Waals surface area (Å²) in [5.74, 6) is -0.465. The fourth-order valence-electron chi connectivity index (χ4n) is 2.97. The summed E-state index contributed by atoms with van der Waals surface area (Å²) in [6.45, 7) is 8.40. The number of esters is 1. The Morgan fingerprint density at radius 1 is 0.963 bits per heavy atom. The zero-order valence-corrected chi connectivity index (χ0v) is 16.3. The van der Waals surface area contributed by atoms with Gasteiger partial charge in [-0.15, -0.1) is 0 Å². The maximum Gasteiger partial charge on any atom is 0.347 e. The molecule has 0 radical (unpaired) electrons. The molecule has 0 bridgehead atoms. The summed E-state index contributed by atoms with van der Waals surface area (Å²) in [4.78, 5) is 35.8. The van der Waals surface area contributed by atoms with Gasteiger partial charge in [0, 0.05) is 11.1 Å². The Hall–Kier alpha value is -2.95. The predicted molar refractivity (Wildman–Crippen MR) is 102 cm³/mol. The number of ketones is 2. The first-order chi connectivity index (χ1) is 12.7. The standard InChI is InChI=1S/C22H24O5/c1-13-10-14(2)21(15(3)11-13)20(24)12-26-22(25)17(5)27-19-8-6-18(7-9-19)16(4)23/h6-11,17H,12H2,1-5H3. The number of benzene rings is 2. The summed E-state index contributed by atoms with van der Waals surface area (Å²) in [6.07, 6.45) is -0.874. The van der Waals surface area contributed by atoms with Gasteiger partial charge in [-0.2, -0.15) is 0 Å². The van der Waals surface area contributed by atoms with Crippen LogP contribution in [-0.4, -0.2) is 30.2 Å². The zero-order chi connectivity index (χ0) is 20.1. The van der Waals surface area contributed by atoms with Gasteiger partial charge >= 0.3 is 5.97 Å². The van der Waals surface area contributed by atoms with E-state index in [-0.39, 0.29) is 18.2 Å². The summed E-state index contributed by atoms with van der Waals surface area (Å²) < 4.78 is 10.6. The van der Waals surface area contributed by atoms with E-state index in [1.54, 1.807) is 31.2 Å². The fraction of sp³-hybridized carbons (Fsp3) is 0.318. The van der Waals surface area contributed by atoms with Crippen molar-refractivity contribution in [1.82, 2.24) is 0 Å². The third-order valence-electron chi connectivity index (χ3n) is 4.21. The number of carbonyl (C=O) groups is 3. The number of ether oxygens (including phenoxy) is 2. The van der Waals surface area contributed by atoms with Gasteiger partial charge in [-0.25, -0.2) is 4.79 Å². The first-order valence-corrected chi connectivity index (χ1v) is 8.74. The van der Waals surface area contributed by atoms with Crippen LogP contribution in [0.4, 0.5) is 0 Å². The second-order valence-corrected chi connectivity index (χ2v) is 6.65. The number of carbonyl (C=O) groups excluding carboxylic acids is 3. The molecular formula is C22H24O5. The molecule has 5 heteroatoms. The van der Waals surface area contributed by atoms with E-state index in [9.17, 15) is 14.4 Å². The molecule has 1 unspecified atom stereocenters. The van der Waals surface area contributed by atoms with Crippen LogP contribution < -0.4 is 4.74 Å². The summed E-state index contributed by atoms with van der Waals surface area (Å²) in [6, 6.07) is 10.3. The Bertz CT molecular complexity index is 842. The average Bonchev–Trinajstić information content (AvgIpc) is 2.59. The van der Waals surface area contributed by atoms with Crippen LogP contribution >= 0.6 is 0 Å². The molecule has 0 aliphatic heterocycles. The van der Waals surface area contributed by atoms with Gasteiger partial charge in [-0.1, -0.05) is 17.7 Å². The van der Waals surface area contributed by atoms with Crippen molar-refractivity contribution in [1.29, 1.82) is 0 Å². The molecule has 27 heavy (non-hydrogen) atoms. The lowest BCUT2D eigenvalue weighted by Gasteiger charge is -2.15. The molecule has 2 aromatic rings. The predicted octanol–water partition coefficient (Wildman–Crippen LogP) is 4.01. The maximum atomic E-state index is 12.4. The normalized spacial score (nSPS) is 11.6. The first kappa shape index (κ1) is 20.4. The number of aryl methyl sites for hydroxylation is 3. The Morgan fingerprint density at radius 3 is 2.04 bits per heavy atom. The molecule has 0 N–H and O–H groups in total. The minimum Gasteiger partial charge on any atom is -0.479 e. The molecule has 0 aliphatic carbocycles. The van der Waals surface area contributed by atoms with E-state index in [1.165, 1.54) is 6.92 Å². The van der Waals surface area contributed by atoms with E-state index >= 15 is 0 Å². The molecule has 0 saturated heterocycles. The van der Waals surface area contributed by atoms with E-state index < -0.39 is 12.1 Å². The zero-order valence-electron chi connectivity index (χ0n) is 16.3. The molecule has 2 rings (SSSR count). The highest BCUT2D eigenvalue weighted by Crippen LogP contribution is 2.18. The average molecular weight is 368 g/mol. The molecular weight excluding hydrogens is 344 g/mol. The molecule has 0 aliphatic rings. The topological polar surface area (TPSA) is 69.7 Å². The SMILES string of the molecule is CC(=O)c1ccc(OC(C)C(=O)OCC(=O)c2c(C)cc(C)cc2C)cc1. The Labute approximate surface area is 159 Å². The Balaban J connectivity index is 1.95. The highest BCUT2D eigenvalue weighted by Gasteiger charge is 2.20. The Kier molecular flexibility index (Phi) is 6.50. The molecule has 0 amide bonds. The van der Waals surface area contributed by atoms with Crippen molar-refractivity contribution >= 4 is 17.5 Å². The summed E-state index contributed by atoms with van der Waals surface area (Å²) >= 11 is 0. The van der Waals surface area contributed by atoms with Gasteiger partial charge in [0.05, 0.1) is 0 Å². The lowest BCUT2D eigenvalue weighted by molar-refractivity contribution is -0.149. The van der Waals surface area contributed by atoms with Crippen molar-refractivity contribution in [3.63, 3.8) is 0 Å². The quantitative estimate of drug-likeness (QED) is 0.546. The van der Waals surface area contributed by atoms with Gasteiger partial charge in [0.15, 0.2) is 18.5 Å². The smallest absolute Gasteiger partial charge is 0.347 e. The van der Waals surface area contributed by atoms with E-state index in [2.05, 4.69) is 0 Å². The lowest BCUT2D eigenvalue weighted by Crippen LogP contribution is -2.28. The van der Waals surface area contributed by atoms with Gasteiger partial charge in [0.25, 0.3) is 0 Å². The van der Waals surface area contributed by atoms with Crippen LogP contribution in [0.2, 0.25) is 0 Å². The third kappa shape index (κ3) is 5.26. The molecule has 2 aromatic carbocycles. The van der Waals surface area contributed by atoms with Crippen LogP contribution in [0, 0.1) is 20.8 Å². The van der Waals surface area contributed by atoms with Gasteiger partial charge in [0.1, 0.15) is 5.75 Å². The second-order valence-electron chi connectivity index (χ2n) is 6.65. The van der Waals surface area contributed by atoms with E-state index in [4.69, 9.17) is 9.47 Å². The van der Waals surface area contributed by atoms with E-state index in [0.29, 0.717) is 16.9 Å². The summed E-state index contributed by atoms with van der Waals surface area (Å²) in [5, 5.41) is 0. The minimum absolute atomic E-state index is 0.0470. The van der Waals surface area contributed by atoms with E-state index in [0.717, 1.165) is 16.7 Å². The van der Waals surface area contributed by atoms with E-state index in [1.807, 2.05) is 32.9 Å². The van der Waals surface area contributed by atoms with Crippen molar-refractivity contribution in [2.24, 2.45) is 0 Å². The van der Waals surface area contributed by atoms with Gasteiger partial charge in [-0.3, -0.25) is 9.59 Å². The van der Waals surface area contributed by atoms with Crippen LogP contribution in [0.3, 0.4) is 0 Å². The molecule has 0 spiro atoms. The van der Waals surface area contributed by atoms with Crippen molar-refractivity contribution in [2.75, 3.05) is 6.61 Å². The molecule has 142 valence electrons. The Morgan fingerprint density at radius 2 is 1.52 bits per heavy atom. The van der Waals surface area contributed by atoms with Crippen molar-refractivity contribution in [3.8, 4) is 5.75 Å². The van der Waals surface area contributed by atoms with Crippen molar-refractivity contribution in [3.05, 3.63) is 64.2 Å². The van der Waals surface area contributed by atoms with Gasteiger partial charge in [-0.05, 0) is 70.0 Å². The highest BCUT2D eigenvalue weighted by molar-refractivity contribution is 6.00. The summed E-state index contributed by atoms with van der Waals surface area (Å²) in [5.41, 5.74) is 3.96. The number of rotatable bonds is 7. The van der Waals surface area contributed by atoms with Gasteiger partial charge < -0.3 is 9.47 Å². The molecule has 5 nitrogen and oxygen atoms in total. The molecule has 1 atom stereocenters. The minimum atomic E-state index is -0.874. The van der Waals surface area contributed by atoms with Gasteiger partial charge in [0.2, 0.25) is 5.78 Å². The maximum absolute atomic E-state index is 12.4. The van der Waals surface area contributed by atoms with Crippen LogP contribution in [0.5, 0.6) is 5.75 Å². The molecule has 0 aromatic heterocycles. The van der Waals surface area contributed by atoms with Crippen LogP contribution in [0.25, 0.3) is 0 Å². The molecule has 0 saturated carbocycles. The highest BCUT2D eigenvalue weighted by atomic mass is 16.6. The third-order valence-corrected chi connectivity index (χ3v) is 4.21. The number of Topliss-reactive ketones (excluding diaryl/α,β-unsaturated/α-hetero) is 2. The van der Waals surface area contributed by atoms with Crippen molar-refractivity contribution < 1.29 is 23.9 Å². The largest absolute Gasteiger partial charge is 0.479 e. The van der Waals surface area contributed by atoms with Crippen LogP contribution in [-0.2, 0) is 9.53 Å². The monoisotopic (exact) mass is 368 g/mol. The lowest BCUT2D eigenvalue weighted by atomic mass is 9.97. The number of hydrogen-bond acceptors (Lipinski definition) is 5. The first-order valence-electron chi connectivity index (χ1n) is 8.74. The molecule has 0 heterocycles. The second kappa shape index (κ2) is 8.62. The summed E-state index contributed by atoms with van der Waals surface area (Å²) in [7, 11) is 0. The van der Waals surface area contributed by atoms with Crippen LogP contribution in [0.15, 0.2) is 36.4 Å². The van der Waals surface area contributed by atoms with Crippen LogP contribution in [0.1, 0.15) is 51.3 Å². The van der Waals surface area contributed by atoms with Crippen molar-refractivity contribution in [2.45, 2.75) is 40.7 Å². The number of hydrogen-bond donors (Lipinski definition) is 0.